The molecular weight excluding hydrogens is 260 g/mol. The molecule has 0 spiro atoms. The van der Waals surface area contributed by atoms with Gasteiger partial charge in [0.15, 0.2) is 0 Å². The maximum absolute atomic E-state index is 10.6. The van der Waals surface area contributed by atoms with Crippen molar-refractivity contribution in [1.82, 2.24) is 9.80 Å². The van der Waals surface area contributed by atoms with Crippen molar-refractivity contribution in [3.63, 3.8) is 0 Å². The Kier molecular flexibility index (Phi) is 5.42. The van der Waals surface area contributed by atoms with Gasteiger partial charge in [-0.25, -0.2) is 0 Å². The van der Waals surface area contributed by atoms with Crippen LogP contribution in [-0.4, -0.2) is 54.7 Å². The maximum atomic E-state index is 10.6. The summed E-state index contributed by atoms with van der Waals surface area (Å²) in [5.74, 6) is 0. The van der Waals surface area contributed by atoms with Crippen molar-refractivity contribution in [3.05, 3.63) is 34.4 Å². The average Bonchev–Trinajstić information content (AvgIpc) is 2.37. The van der Waals surface area contributed by atoms with E-state index in [0.717, 1.165) is 25.2 Å². The first-order valence-corrected chi connectivity index (χ1v) is 8.03. The second-order valence-electron chi connectivity index (χ2n) is 6.82. The predicted molar refractivity (Wildman–Crippen MR) is 88.8 cm³/mol. The zero-order chi connectivity index (χ0) is 15.6. The molecule has 1 fully saturated rings. The minimum absolute atomic E-state index is 0.374. The first-order valence-electron chi connectivity index (χ1n) is 8.03. The zero-order valence-corrected chi connectivity index (χ0v) is 14.2. The number of hydrogen-bond donors (Lipinski definition) is 1. The zero-order valence-electron chi connectivity index (χ0n) is 14.2. The van der Waals surface area contributed by atoms with Crippen LogP contribution in [-0.2, 0) is 0 Å². The summed E-state index contributed by atoms with van der Waals surface area (Å²) >= 11 is 0. The number of piperidine rings is 1. The molecule has 1 saturated heterocycles. The van der Waals surface area contributed by atoms with E-state index in [0.29, 0.717) is 6.04 Å². The highest BCUT2D eigenvalue weighted by molar-refractivity contribution is 5.39. The van der Waals surface area contributed by atoms with E-state index in [1.807, 2.05) is 0 Å². The van der Waals surface area contributed by atoms with Crippen LogP contribution in [0.15, 0.2) is 12.1 Å². The van der Waals surface area contributed by atoms with E-state index >= 15 is 0 Å². The van der Waals surface area contributed by atoms with Gasteiger partial charge in [0.05, 0.1) is 6.10 Å². The van der Waals surface area contributed by atoms with Gasteiger partial charge in [0.25, 0.3) is 0 Å². The molecule has 118 valence electrons. The van der Waals surface area contributed by atoms with E-state index < -0.39 is 0 Å². The summed E-state index contributed by atoms with van der Waals surface area (Å²) in [4.78, 5) is 4.73. The van der Waals surface area contributed by atoms with E-state index in [1.165, 1.54) is 29.5 Å². The van der Waals surface area contributed by atoms with E-state index in [9.17, 15) is 5.11 Å². The molecule has 0 saturated carbocycles. The molecule has 0 aromatic heterocycles. The van der Waals surface area contributed by atoms with Crippen molar-refractivity contribution in [1.29, 1.82) is 0 Å². The number of hydrogen-bond acceptors (Lipinski definition) is 3. The largest absolute Gasteiger partial charge is 0.387 e. The lowest BCUT2D eigenvalue weighted by atomic mass is 9.94. The first kappa shape index (κ1) is 16.5. The molecule has 1 aromatic rings. The number of nitrogens with zero attached hydrogens (tertiary/aromatic N) is 2. The maximum Gasteiger partial charge on any atom is 0.0922 e. The average molecular weight is 290 g/mol. The fourth-order valence-corrected chi connectivity index (χ4v) is 3.67. The minimum atomic E-state index is -0.374. The lowest BCUT2D eigenvalue weighted by molar-refractivity contribution is 0.0792. The molecule has 2 rings (SSSR count). The van der Waals surface area contributed by atoms with Crippen LogP contribution in [0.4, 0.5) is 0 Å². The molecule has 3 heteroatoms. The number of rotatable bonds is 4. The van der Waals surface area contributed by atoms with Crippen molar-refractivity contribution >= 4 is 0 Å². The van der Waals surface area contributed by atoms with Gasteiger partial charge < -0.3 is 14.9 Å². The number of aliphatic hydroxyl groups excluding tert-OH is 1. The summed E-state index contributed by atoms with van der Waals surface area (Å²) in [5.41, 5.74) is 4.81. The molecule has 0 amide bonds. The summed E-state index contributed by atoms with van der Waals surface area (Å²) in [5, 5.41) is 10.6. The lowest BCUT2D eigenvalue weighted by Crippen LogP contribution is -2.43. The SMILES string of the molecule is Cc1cc(C)c(C(O)CN2CCC(N(C)C)CC2)c(C)c1. The molecular formula is C18H30N2O. The van der Waals surface area contributed by atoms with E-state index in [-0.39, 0.29) is 6.10 Å². The van der Waals surface area contributed by atoms with Crippen LogP contribution in [0.5, 0.6) is 0 Å². The second kappa shape index (κ2) is 6.91. The van der Waals surface area contributed by atoms with Crippen LogP contribution in [0, 0.1) is 20.8 Å². The molecule has 1 aliphatic heterocycles. The summed E-state index contributed by atoms with van der Waals surface area (Å²) in [6.45, 7) is 9.26. The predicted octanol–water partition coefficient (Wildman–Crippen LogP) is 2.67. The van der Waals surface area contributed by atoms with Crippen LogP contribution < -0.4 is 0 Å². The van der Waals surface area contributed by atoms with Crippen LogP contribution in [0.3, 0.4) is 0 Å². The molecule has 1 N–H and O–H groups in total. The third kappa shape index (κ3) is 4.06. The van der Waals surface area contributed by atoms with Gasteiger partial charge in [-0.2, -0.15) is 0 Å². The molecule has 0 aliphatic carbocycles. The van der Waals surface area contributed by atoms with Crippen molar-refractivity contribution in [2.75, 3.05) is 33.7 Å². The Morgan fingerprint density at radius 2 is 1.67 bits per heavy atom. The fraction of sp³-hybridized carbons (Fsp3) is 0.667. The Hall–Kier alpha value is -0.900. The van der Waals surface area contributed by atoms with Gasteiger partial charge in [0.1, 0.15) is 0 Å². The number of aryl methyl sites for hydroxylation is 3. The van der Waals surface area contributed by atoms with Gasteiger partial charge >= 0.3 is 0 Å². The number of likely N-dealkylation sites (tertiary alicyclic amines) is 1. The normalized spacial score (nSPS) is 19.2. The molecule has 1 atom stereocenters. The Balaban J connectivity index is 1.98. The summed E-state index contributed by atoms with van der Waals surface area (Å²) < 4.78 is 0. The summed E-state index contributed by atoms with van der Waals surface area (Å²) in [6, 6.07) is 5.04. The van der Waals surface area contributed by atoms with Gasteiger partial charge in [-0.05, 0) is 77.5 Å². The molecule has 0 radical (unpaired) electrons. The number of β-amino-alcohol motifs (C(OH)–C–C–N with tert-alkyl or cyclic N) is 1. The first-order chi connectivity index (χ1) is 9.88. The highest BCUT2D eigenvalue weighted by Gasteiger charge is 2.23. The molecule has 3 nitrogen and oxygen atoms in total. The van der Waals surface area contributed by atoms with Gasteiger partial charge in [0.2, 0.25) is 0 Å². The minimum Gasteiger partial charge on any atom is -0.387 e. The van der Waals surface area contributed by atoms with Crippen LogP contribution >= 0.6 is 0 Å². The highest BCUT2D eigenvalue weighted by atomic mass is 16.3. The molecule has 1 heterocycles. The third-order valence-electron chi connectivity index (χ3n) is 4.79. The van der Waals surface area contributed by atoms with Crippen molar-refractivity contribution in [2.24, 2.45) is 0 Å². The molecule has 1 aromatic carbocycles. The van der Waals surface area contributed by atoms with Crippen molar-refractivity contribution in [2.45, 2.75) is 45.8 Å². The van der Waals surface area contributed by atoms with Gasteiger partial charge in [-0.3, -0.25) is 0 Å². The van der Waals surface area contributed by atoms with E-state index in [1.54, 1.807) is 0 Å². The fourth-order valence-electron chi connectivity index (χ4n) is 3.67. The van der Waals surface area contributed by atoms with Crippen LogP contribution in [0.2, 0.25) is 0 Å². The van der Waals surface area contributed by atoms with Gasteiger partial charge in [-0.1, -0.05) is 17.7 Å². The third-order valence-corrected chi connectivity index (χ3v) is 4.79. The number of aliphatic hydroxyl groups is 1. The van der Waals surface area contributed by atoms with Crippen LogP contribution in [0.1, 0.15) is 41.2 Å². The topological polar surface area (TPSA) is 26.7 Å². The Morgan fingerprint density at radius 3 is 2.14 bits per heavy atom. The number of benzene rings is 1. The van der Waals surface area contributed by atoms with Crippen molar-refractivity contribution in [3.8, 4) is 0 Å². The van der Waals surface area contributed by atoms with Crippen molar-refractivity contribution < 1.29 is 5.11 Å². The summed E-state index contributed by atoms with van der Waals surface area (Å²) in [7, 11) is 4.32. The van der Waals surface area contributed by atoms with Gasteiger partial charge in [-0.15, -0.1) is 0 Å². The van der Waals surface area contributed by atoms with Crippen LogP contribution in [0.25, 0.3) is 0 Å². The molecule has 1 aliphatic rings. The Morgan fingerprint density at radius 1 is 1.14 bits per heavy atom. The second-order valence-corrected chi connectivity index (χ2v) is 6.82. The van der Waals surface area contributed by atoms with Gasteiger partial charge in [0, 0.05) is 12.6 Å². The van der Waals surface area contributed by atoms with E-state index in [2.05, 4.69) is 56.8 Å². The highest BCUT2D eigenvalue weighted by Crippen LogP contribution is 2.25. The molecule has 0 bridgehead atoms. The van der Waals surface area contributed by atoms with E-state index in [4.69, 9.17) is 0 Å². The monoisotopic (exact) mass is 290 g/mol. The molecule has 21 heavy (non-hydrogen) atoms. The lowest BCUT2D eigenvalue weighted by Gasteiger charge is -2.36. The quantitative estimate of drug-likeness (QED) is 0.923. The Bertz CT molecular complexity index is 453. The standard InChI is InChI=1S/C18H30N2O/c1-13-10-14(2)18(15(3)11-13)17(21)12-20-8-6-16(7-9-20)19(4)5/h10-11,16-17,21H,6-9,12H2,1-5H3. The molecule has 1 unspecified atom stereocenters. The smallest absolute Gasteiger partial charge is 0.0922 e. The summed E-state index contributed by atoms with van der Waals surface area (Å²) in [6.07, 6.45) is 2.03. The Labute approximate surface area is 129 Å².